The van der Waals surface area contributed by atoms with Crippen LogP contribution in [0.4, 0.5) is 0 Å². The Labute approximate surface area is 115 Å². The summed E-state index contributed by atoms with van der Waals surface area (Å²) < 4.78 is 3.39. The second kappa shape index (κ2) is 4.61. The minimum absolute atomic E-state index is 0.128. The predicted octanol–water partition coefficient (Wildman–Crippen LogP) is 1.52. The molecule has 1 aromatic carbocycles. The smallest absolute Gasteiger partial charge is 0.255 e. The standard InChI is InChI=1S/C15H15N3O2/c1-10-13-8-12(3-4-14(13)16-17(10)2)18-6-5-11(9-19)7-15(18)20/h3-8,19H,9H2,1-2H3. The summed E-state index contributed by atoms with van der Waals surface area (Å²) in [5.41, 5.74) is 3.22. The maximum Gasteiger partial charge on any atom is 0.255 e. The van der Waals surface area contributed by atoms with Gasteiger partial charge in [-0.1, -0.05) is 0 Å². The van der Waals surface area contributed by atoms with Crippen molar-refractivity contribution < 1.29 is 5.11 Å². The third-order valence-electron chi connectivity index (χ3n) is 3.56. The Bertz CT molecular complexity index is 846. The molecule has 0 unspecified atom stereocenters. The summed E-state index contributed by atoms with van der Waals surface area (Å²) in [6, 6.07) is 8.92. The molecule has 0 aliphatic carbocycles. The Morgan fingerprint density at radius 3 is 2.75 bits per heavy atom. The first-order valence-electron chi connectivity index (χ1n) is 6.36. The molecule has 0 bridgehead atoms. The van der Waals surface area contributed by atoms with Crippen LogP contribution < -0.4 is 5.56 Å². The minimum atomic E-state index is -0.155. The molecule has 0 fully saturated rings. The summed E-state index contributed by atoms with van der Waals surface area (Å²) in [5.74, 6) is 0. The van der Waals surface area contributed by atoms with E-state index in [0.717, 1.165) is 22.3 Å². The Balaban J connectivity index is 2.19. The summed E-state index contributed by atoms with van der Waals surface area (Å²) in [6.45, 7) is 1.87. The lowest BCUT2D eigenvalue weighted by molar-refractivity contribution is 0.281. The summed E-state index contributed by atoms with van der Waals surface area (Å²) in [7, 11) is 1.90. The molecule has 3 rings (SSSR count). The fourth-order valence-electron chi connectivity index (χ4n) is 2.29. The number of pyridine rings is 1. The van der Waals surface area contributed by atoms with E-state index in [4.69, 9.17) is 5.11 Å². The zero-order valence-corrected chi connectivity index (χ0v) is 11.4. The van der Waals surface area contributed by atoms with Crippen molar-refractivity contribution in [2.75, 3.05) is 0 Å². The predicted molar refractivity (Wildman–Crippen MR) is 77.0 cm³/mol. The van der Waals surface area contributed by atoms with Crippen molar-refractivity contribution in [2.24, 2.45) is 7.05 Å². The van der Waals surface area contributed by atoms with Gasteiger partial charge in [-0.05, 0) is 36.8 Å². The Kier molecular flexibility index (Phi) is 2.91. The van der Waals surface area contributed by atoms with Crippen molar-refractivity contribution in [1.82, 2.24) is 14.3 Å². The highest BCUT2D eigenvalue weighted by Crippen LogP contribution is 2.20. The number of aromatic nitrogens is 3. The molecule has 5 heteroatoms. The molecule has 102 valence electrons. The Morgan fingerprint density at radius 1 is 1.25 bits per heavy atom. The minimum Gasteiger partial charge on any atom is -0.392 e. The lowest BCUT2D eigenvalue weighted by Gasteiger charge is -2.06. The number of nitrogens with zero attached hydrogens (tertiary/aromatic N) is 3. The van der Waals surface area contributed by atoms with Gasteiger partial charge >= 0.3 is 0 Å². The van der Waals surface area contributed by atoms with Crippen molar-refractivity contribution in [1.29, 1.82) is 0 Å². The van der Waals surface area contributed by atoms with E-state index in [9.17, 15) is 4.79 Å². The summed E-state index contributed by atoms with van der Waals surface area (Å²) in [6.07, 6.45) is 1.68. The van der Waals surface area contributed by atoms with Crippen molar-refractivity contribution in [3.8, 4) is 5.69 Å². The molecule has 0 radical (unpaired) electrons. The number of hydrogen-bond donors (Lipinski definition) is 1. The monoisotopic (exact) mass is 269 g/mol. The lowest BCUT2D eigenvalue weighted by atomic mass is 10.2. The second-order valence-electron chi connectivity index (χ2n) is 4.81. The summed E-state index contributed by atoms with van der Waals surface area (Å²) in [4.78, 5) is 12.1. The normalized spacial score (nSPS) is 11.2. The van der Waals surface area contributed by atoms with Crippen molar-refractivity contribution in [3.63, 3.8) is 0 Å². The average molecular weight is 269 g/mol. The van der Waals surface area contributed by atoms with Crippen LogP contribution in [-0.4, -0.2) is 19.5 Å². The number of fused-ring (bicyclic) bond motifs is 1. The van der Waals surface area contributed by atoms with Crippen LogP contribution in [0.2, 0.25) is 0 Å². The SMILES string of the molecule is Cc1c2cc(-n3ccc(CO)cc3=O)ccc2nn1C. The average Bonchev–Trinajstić information content (AvgIpc) is 2.74. The highest BCUT2D eigenvalue weighted by molar-refractivity contribution is 5.83. The van der Waals surface area contributed by atoms with Gasteiger partial charge in [-0.3, -0.25) is 14.0 Å². The maximum atomic E-state index is 12.1. The molecule has 20 heavy (non-hydrogen) atoms. The number of hydrogen-bond acceptors (Lipinski definition) is 3. The van der Waals surface area contributed by atoms with Crippen molar-refractivity contribution >= 4 is 10.9 Å². The third kappa shape index (κ3) is 1.92. The van der Waals surface area contributed by atoms with Crippen LogP contribution in [0.1, 0.15) is 11.3 Å². The van der Waals surface area contributed by atoms with E-state index in [1.54, 1.807) is 16.8 Å². The molecule has 2 heterocycles. The Morgan fingerprint density at radius 2 is 2.05 bits per heavy atom. The van der Waals surface area contributed by atoms with Gasteiger partial charge in [0.15, 0.2) is 0 Å². The molecule has 5 nitrogen and oxygen atoms in total. The van der Waals surface area contributed by atoms with Crippen molar-refractivity contribution in [3.05, 3.63) is 58.1 Å². The van der Waals surface area contributed by atoms with E-state index in [2.05, 4.69) is 5.10 Å². The van der Waals surface area contributed by atoms with Gasteiger partial charge in [-0.15, -0.1) is 0 Å². The van der Waals surface area contributed by atoms with Crippen molar-refractivity contribution in [2.45, 2.75) is 13.5 Å². The second-order valence-corrected chi connectivity index (χ2v) is 4.81. The highest BCUT2D eigenvalue weighted by Gasteiger charge is 2.07. The molecule has 3 aromatic rings. The van der Waals surface area contributed by atoms with E-state index in [0.29, 0.717) is 5.56 Å². The first kappa shape index (κ1) is 12.6. The molecule has 2 aromatic heterocycles. The summed E-state index contributed by atoms with van der Waals surface area (Å²) >= 11 is 0. The fraction of sp³-hybridized carbons (Fsp3) is 0.200. The fourth-order valence-corrected chi connectivity index (χ4v) is 2.29. The first-order chi connectivity index (χ1) is 9.60. The van der Waals surface area contributed by atoms with E-state index in [1.807, 2.05) is 36.9 Å². The largest absolute Gasteiger partial charge is 0.392 e. The lowest BCUT2D eigenvalue weighted by Crippen LogP contribution is -2.17. The zero-order valence-electron chi connectivity index (χ0n) is 11.4. The molecule has 0 spiro atoms. The molecule has 0 aliphatic rings. The third-order valence-corrected chi connectivity index (χ3v) is 3.56. The quantitative estimate of drug-likeness (QED) is 0.767. The van der Waals surface area contributed by atoms with Gasteiger partial charge in [0.2, 0.25) is 0 Å². The van der Waals surface area contributed by atoms with Crippen LogP contribution in [0.5, 0.6) is 0 Å². The number of aliphatic hydroxyl groups excluding tert-OH is 1. The first-order valence-corrected chi connectivity index (χ1v) is 6.36. The highest BCUT2D eigenvalue weighted by atomic mass is 16.3. The number of aryl methyl sites for hydroxylation is 2. The molecular formula is C15H15N3O2. The Hall–Kier alpha value is -2.40. The number of benzene rings is 1. The van der Waals surface area contributed by atoms with Crippen LogP contribution >= 0.6 is 0 Å². The van der Waals surface area contributed by atoms with Gasteiger partial charge in [-0.25, -0.2) is 0 Å². The van der Waals surface area contributed by atoms with E-state index >= 15 is 0 Å². The van der Waals surface area contributed by atoms with Gasteiger partial charge in [0.1, 0.15) is 0 Å². The van der Waals surface area contributed by atoms with Gasteiger partial charge in [0.05, 0.1) is 12.1 Å². The van der Waals surface area contributed by atoms with Gasteiger partial charge in [-0.2, -0.15) is 5.10 Å². The van der Waals surface area contributed by atoms with Crippen LogP contribution in [0.15, 0.2) is 41.3 Å². The molecule has 0 saturated heterocycles. The molecule has 0 aliphatic heterocycles. The zero-order chi connectivity index (χ0) is 14.3. The van der Waals surface area contributed by atoms with Crippen LogP contribution in [-0.2, 0) is 13.7 Å². The van der Waals surface area contributed by atoms with Gasteiger partial charge in [0, 0.05) is 36.1 Å². The van der Waals surface area contributed by atoms with E-state index < -0.39 is 0 Å². The molecule has 1 N–H and O–H groups in total. The van der Waals surface area contributed by atoms with E-state index in [-0.39, 0.29) is 12.2 Å². The molecule has 0 atom stereocenters. The number of aliphatic hydroxyl groups is 1. The van der Waals surface area contributed by atoms with Crippen LogP contribution in [0, 0.1) is 6.92 Å². The van der Waals surface area contributed by atoms with Crippen LogP contribution in [0.25, 0.3) is 16.6 Å². The topological polar surface area (TPSA) is 60.1 Å². The molecular weight excluding hydrogens is 254 g/mol. The molecule has 0 saturated carbocycles. The molecule has 0 amide bonds. The number of rotatable bonds is 2. The summed E-state index contributed by atoms with van der Waals surface area (Å²) in [5, 5.41) is 14.5. The van der Waals surface area contributed by atoms with Gasteiger partial charge < -0.3 is 5.11 Å². The van der Waals surface area contributed by atoms with E-state index in [1.165, 1.54) is 6.07 Å². The van der Waals surface area contributed by atoms with Crippen LogP contribution in [0.3, 0.4) is 0 Å². The maximum absolute atomic E-state index is 12.1. The van der Waals surface area contributed by atoms with Gasteiger partial charge in [0.25, 0.3) is 5.56 Å².